The van der Waals surface area contributed by atoms with Crippen LogP contribution in [0.1, 0.15) is 5.56 Å². The Morgan fingerprint density at radius 3 is 2.44 bits per heavy atom. The fourth-order valence-corrected chi connectivity index (χ4v) is 1.77. The maximum atomic E-state index is 9.46. The predicted octanol–water partition coefficient (Wildman–Crippen LogP) is 2.68. The third kappa shape index (κ3) is 3.15. The Morgan fingerprint density at radius 2 is 1.83 bits per heavy atom. The molecule has 0 aliphatic heterocycles. The predicted molar refractivity (Wildman–Crippen MR) is 71.9 cm³/mol. The molecule has 1 aromatic carbocycles. The first-order chi connectivity index (χ1) is 8.54. The Morgan fingerprint density at radius 1 is 1.17 bits per heavy atom. The van der Waals surface area contributed by atoms with Crippen molar-refractivity contribution in [2.24, 2.45) is 0 Å². The van der Waals surface area contributed by atoms with Crippen molar-refractivity contribution >= 4 is 34.8 Å². The van der Waals surface area contributed by atoms with E-state index in [4.69, 9.17) is 28.9 Å². The zero-order valence-corrected chi connectivity index (χ0v) is 10.7. The molecule has 0 saturated carbocycles. The smallest absolute Gasteiger partial charge is 0.225 e. The summed E-state index contributed by atoms with van der Waals surface area (Å²) in [6.07, 6.45) is 0. The molecule has 0 atom stereocenters. The van der Waals surface area contributed by atoms with Gasteiger partial charge in [0.1, 0.15) is 16.1 Å². The summed E-state index contributed by atoms with van der Waals surface area (Å²) in [5.41, 5.74) is 6.67. The molecular weight excluding hydrogens is 275 g/mol. The lowest BCUT2D eigenvalue weighted by Gasteiger charge is -2.07. The molecular formula is C11H10Cl2N4O. The molecule has 0 unspecified atom stereocenters. The second-order valence-electron chi connectivity index (χ2n) is 3.58. The Labute approximate surface area is 114 Å². The monoisotopic (exact) mass is 284 g/mol. The summed E-state index contributed by atoms with van der Waals surface area (Å²) in [6, 6.07) is 6.42. The highest BCUT2D eigenvalue weighted by atomic mass is 35.5. The second-order valence-corrected chi connectivity index (χ2v) is 4.36. The number of aromatic nitrogens is 2. The van der Waals surface area contributed by atoms with Crippen molar-refractivity contribution in [2.75, 3.05) is 11.1 Å². The Bertz CT molecular complexity index is 557. The van der Waals surface area contributed by atoms with Gasteiger partial charge in [0, 0.05) is 12.6 Å². The number of nitrogens with two attached hydrogens (primary N) is 1. The van der Waals surface area contributed by atoms with E-state index in [1.807, 2.05) is 0 Å². The maximum Gasteiger partial charge on any atom is 0.225 e. The van der Waals surface area contributed by atoms with Crippen molar-refractivity contribution in [1.82, 2.24) is 9.97 Å². The molecule has 0 bridgehead atoms. The molecule has 1 aromatic heterocycles. The van der Waals surface area contributed by atoms with Crippen molar-refractivity contribution in [3.63, 3.8) is 0 Å². The molecule has 2 rings (SSSR count). The van der Waals surface area contributed by atoms with E-state index < -0.39 is 0 Å². The molecule has 0 aliphatic carbocycles. The van der Waals surface area contributed by atoms with Crippen molar-refractivity contribution < 1.29 is 5.11 Å². The van der Waals surface area contributed by atoms with Crippen molar-refractivity contribution in [2.45, 2.75) is 6.54 Å². The quantitative estimate of drug-likeness (QED) is 0.458. The largest absolute Gasteiger partial charge is 0.506 e. The van der Waals surface area contributed by atoms with Gasteiger partial charge in [-0.2, -0.15) is 0 Å². The number of anilines is 2. The van der Waals surface area contributed by atoms with Gasteiger partial charge in [0.05, 0.1) is 5.69 Å². The van der Waals surface area contributed by atoms with Crippen LogP contribution in [0.4, 0.5) is 11.6 Å². The number of nitrogens with one attached hydrogen (secondary N) is 1. The van der Waals surface area contributed by atoms with Gasteiger partial charge in [0.25, 0.3) is 0 Å². The zero-order valence-electron chi connectivity index (χ0n) is 9.19. The lowest BCUT2D eigenvalue weighted by Crippen LogP contribution is -2.04. The van der Waals surface area contributed by atoms with Gasteiger partial charge in [-0.25, -0.2) is 9.97 Å². The van der Waals surface area contributed by atoms with E-state index in [1.54, 1.807) is 18.2 Å². The fraction of sp³-hybridized carbons (Fsp3) is 0.0909. The maximum absolute atomic E-state index is 9.46. The summed E-state index contributed by atoms with van der Waals surface area (Å²) < 4.78 is 0. The molecule has 0 saturated heterocycles. The van der Waals surface area contributed by atoms with E-state index in [1.165, 1.54) is 6.07 Å². The van der Waals surface area contributed by atoms with Crippen LogP contribution in [0.3, 0.4) is 0 Å². The van der Waals surface area contributed by atoms with Gasteiger partial charge in [0.2, 0.25) is 5.95 Å². The Balaban J connectivity index is 2.08. The van der Waals surface area contributed by atoms with Crippen LogP contribution in [0.15, 0.2) is 24.3 Å². The third-order valence-corrected chi connectivity index (χ3v) is 2.60. The minimum atomic E-state index is 0.0411. The van der Waals surface area contributed by atoms with Crippen LogP contribution in [0.2, 0.25) is 10.3 Å². The lowest BCUT2D eigenvalue weighted by atomic mass is 10.2. The van der Waals surface area contributed by atoms with Crippen molar-refractivity contribution in [3.05, 3.63) is 40.1 Å². The van der Waals surface area contributed by atoms with Crippen LogP contribution in [-0.4, -0.2) is 15.1 Å². The molecule has 0 fully saturated rings. The average molecular weight is 285 g/mol. The van der Waals surface area contributed by atoms with Gasteiger partial charge in [-0.3, -0.25) is 0 Å². The number of hydrogen-bond donors (Lipinski definition) is 3. The molecule has 0 aliphatic rings. The molecule has 4 N–H and O–H groups in total. The Kier molecular flexibility index (Phi) is 3.74. The number of phenolic OH excluding ortho intramolecular Hbond substituents is 1. The van der Waals surface area contributed by atoms with E-state index in [0.29, 0.717) is 18.2 Å². The van der Waals surface area contributed by atoms with Gasteiger partial charge in [-0.1, -0.05) is 29.3 Å². The van der Waals surface area contributed by atoms with E-state index in [9.17, 15) is 5.11 Å². The number of phenols is 1. The second kappa shape index (κ2) is 5.29. The molecule has 0 spiro atoms. The molecule has 18 heavy (non-hydrogen) atoms. The Hall–Kier alpha value is -1.72. The average Bonchev–Trinajstić information content (AvgIpc) is 2.29. The molecule has 7 heteroatoms. The first-order valence-corrected chi connectivity index (χ1v) is 5.81. The molecule has 1 heterocycles. The molecule has 2 aromatic rings. The number of benzene rings is 1. The fourth-order valence-electron chi connectivity index (χ4n) is 1.35. The van der Waals surface area contributed by atoms with Crippen LogP contribution < -0.4 is 11.1 Å². The highest BCUT2D eigenvalue weighted by molar-refractivity contribution is 6.33. The number of halogens is 2. The van der Waals surface area contributed by atoms with E-state index in [0.717, 1.165) is 5.56 Å². The van der Waals surface area contributed by atoms with Crippen molar-refractivity contribution in [3.8, 4) is 5.75 Å². The minimum absolute atomic E-state index is 0.0411. The van der Waals surface area contributed by atoms with Crippen molar-refractivity contribution in [1.29, 1.82) is 0 Å². The summed E-state index contributed by atoms with van der Waals surface area (Å²) in [5.74, 6) is 0.364. The number of hydrogen-bond acceptors (Lipinski definition) is 5. The van der Waals surface area contributed by atoms with Gasteiger partial charge in [-0.15, -0.1) is 0 Å². The number of nitrogen functional groups attached to an aromatic ring is 1. The minimum Gasteiger partial charge on any atom is -0.506 e. The number of aromatic hydroxyl groups is 1. The van der Waals surface area contributed by atoms with Gasteiger partial charge in [-0.05, 0) is 17.7 Å². The summed E-state index contributed by atoms with van der Waals surface area (Å²) in [7, 11) is 0. The van der Waals surface area contributed by atoms with Gasteiger partial charge < -0.3 is 16.2 Å². The first kappa shape index (κ1) is 12.7. The van der Waals surface area contributed by atoms with Crippen LogP contribution in [0, 0.1) is 0 Å². The first-order valence-electron chi connectivity index (χ1n) is 5.06. The van der Waals surface area contributed by atoms with E-state index in [2.05, 4.69) is 15.3 Å². The molecule has 5 nitrogen and oxygen atoms in total. The summed E-state index contributed by atoms with van der Waals surface area (Å²) >= 11 is 11.5. The van der Waals surface area contributed by atoms with E-state index in [-0.39, 0.29) is 16.1 Å². The summed E-state index contributed by atoms with van der Waals surface area (Å²) in [4.78, 5) is 7.92. The van der Waals surface area contributed by atoms with Crippen LogP contribution in [-0.2, 0) is 6.54 Å². The number of rotatable bonds is 3. The van der Waals surface area contributed by atoms with E-state index >= 15 is 0 Å². The lowest BCUT2D eigenvalue weighted by molar-refractivity contribution is 0.477. The highest BCUT2D eigenvalue weighted by Crippen LogP contribution is 2.21. The highest BCUT2D eigenvalue weighted by Gasteiger charge is 2.03. The standard InChI is InChI=1S/C11H10Cl2N4O/c12-9-4-10(13)17-11(16-9)15-5-6-1-2-7(14)8(18)3-6/h1-4,18H,5,14H2,(H,15,16,17). The molecule has 0 radical (unpaired) electrons. The van der Waals surface area contributed by atoms with Crippen LogP contribution >= 0.6 is 23.2 Å². The zero-order chi connectivity index (χ0) is 13.1. The summed E-state index contributed by atoms with van der Waals surface area (Å²) in [5, 5.41) is 12.9. The SMILES string of the molecule is Nc1ccc(CNc2nc(Cl)cc(Cl)n2)cc1O. The third-order valence-electron chi connectivity index (χ3n) is 2.21. The number of nitrogens with zero attached hydrogens (tertiary/aromatic N) is 2. The molecule has 94 valence electrons. The van der Waals surface area contributed by atoms with Gasteiger partial charge in [0.15, 0.2) is 0 Å². The van der Waals surface area contributed by atoms with Crippen LogP contribution in [0.5, 0.6) is 5.75 Å². The van der Waals surface area contributed by atoms with Crippen LogP contribution in [0.25, 0.3) is 0 Å². The normalized spacial score (nSPS) is 10.3. The van der Waals surface area contributed by atoms with Gasteiger partial charge >= 0.3 is 0 Å². The molecule has 0 amide bonds. The summed E-state index contributed by atoms with van der Waals surface area (Å²) in [6.45, 7) is 0.421. The topological polar surface area (TPSA) is 84.1 Å².